The van der Waals surface area contributed by atoms with Gasteiger partial charge in [-0.05, 0) is 43.7 Å². The highest BCUT2D eigenvalue weighted by Crippen LogP contribution is 2.34. The Balaban J connectivity index is 1.73. The van der Waals surface area contributed by atoms with Crippen molar-refractivity contribution >= 4 is 11.7 Å². The zero-order valence-corrected chi connectivity index (χ0v) is 12.1. The van der Waals surface area contributed by atoms with Gasteiger partial charge < -0.3 is 10.1 Å². The van der Waals surface area contributed by atoms with Crippen molar-refractivity contribution < 1.29 is 9.53 Å². The maximum atomic E-state index is 12.6. The fraction of sp³-hybridized carbons (Fsp3) is 0.562. The lowest BCUT2D eigenvalue weighted by Gasteiger charge is -2.26. The van der Waals surface area contributed by atoms with Crippen LogP contribution in [0.5, 0.6) is 0 Å². The van der Waals surface area contributed by atoms with Crippen LogP contribution in [0, 0.1) is 5.92 Å². The fourth-order valence-corrected chi connectivity index (χ4v) is 3.08. The van der Waals surface area contributed by atoms with Crippen LogP contribution in [0.1, 0.15) is 25.3 Å². The standard InChI is InChI=1S/C16H22N2O2/c1-11-9-13-5-3-4-6-15(13)18(11)16(19)17-14(10-20-2)12-7-8-12/h3-6,11-12,14H,7-10H2,1-2H3,(H,17,19)/t11-,14+/m1/s1. The zero-order chi connectivity index (χ0) is 14.1. The van der Waals surface area contributed by atoms with Crippen LogP contribution < -0.4 is 10.2 Å². The van der Waals surface area contributed by atoms with Crippen LogP contribution in [0.3, 0.4) is 0 Å². The van der Waals surface area contributed by atoms with Gasteiger partial charge in [-0.2, -0.15) is 0 Å². The van der Waals surface area contributed by atoms with E-state index in [2.05, 4.69) is 18.3 Å². The van der Waals surface area contributed by atoms with Gasteiger partial charge in [0.05, 0.1) is 12.6 Å². The molecule has 2 atom stereocenters. The Labute approximate surface area is 120 Å². The molecular weight excluding hydrogens is 252 g/mol. The van der Waals surface area contributed by atoms with E-state index in [4.69, 9.17) is 4.74 Å². The first-order valence-corrected chi connectivity index (χ1v) is 7.37. The van der Waals surface area contributed by atoms with E-state index in [9.17, 15) is 4.79 Å². The molecule has 1 fully saturated rings. The van der Waals surface area contributed by atoms with Crippen LogP contribution in [0.2, 0.25) is 0 Å². The average molecular weight is 274 g/mol. The summed E-state index contributed by atoms with van der Waals surface area (Å²) in [5, 5.41) is 3.16. The number of carbonyl (C=O) groups is 1. The monoisotopic (exact) mass is 274 g/mol. The number of urea groups is 1. The molecule has 0 radical (unpaired) electrons. The molecule has 1 aromatic carbocycles. The molecule has 2 amide bonds. The topological polar surface area (TPSA) is 41.6 Å². The number of ether oxygens (including phenoxy) is 1. The Bertz CT molecular complexity index is 499. The number of fused-ring (bicyclic) bond motifs is 1. The van der Waals surface area contributed by atoms with Crippen LogP contribution in [0.15, 0.2) is 24.3 Å². The number of benzene rings is 1. The molecule has 4 heteroatoms. The number of rotatable bonds is 4. The summed E-state index contributed by atoms with van der Waals surface area (Å²) in [4.78, 5) is 14.5. The van der Waals surface area contributed by atoms with Crippen LogP contribution >= 0.6 is 0 Å². The number of para-hydroxylation sites is 1. The number of carbonyl (C=O) groups excluding carboxylic acids is 1. The SMILES string of the molecule is COC[C@H](NC(=O)N1c2ccccc2C[C@H]1C)C1CC1. The van der Waals surface area contributed by atoms with Gasteiger partial charge in [-0.1, -0.05) is 18.2 Å². The number of hydrogen-bond acceptors (Lipinski definition) is 2. The fourth-order valence-electron chi connectivity index (χ4n) is 3.08. The van der Waals surface area contributed by atoms with E-state index in [-0.39, 0.29) is 18.1 Å². The van der Waals surface area contributed by atoms with Gasteiger partial charge in [0, 0.05) is 18.8 Å². The number of methoxy groups -OCH3 is 1. The predicted molar refractivity (Wildman–Crippen MR) is 79.0 cm³/mol. The maximum Gasteiger partial charge on any atom is 0.322 e. The predicted octanol–water partition coefficient (Wildman–Crippen LogP) is 2.57. The van der Waals surface area contributed by atoms with Gasteiger partial charge in [0.15, 0.2) is 0 Å². The van der Waals surface area contributed by atoms with Gasteiger partial charge in [-0.25, -0.2) is 4.79 Å². The zero-order valence-electron chi connectivity index (χ0n) is 12.1. The summed E-state index contributed by atoms with van der Waals surface area (Å²) in [6.45, 7) is 2.70. The van der Waals surface area contributed by atoms with Crippen molar-refractivity contribution in [3.8, 4) is 0 Å². The van der Waals surface area contributed by atoms with E-state index in [1.807, 2.05) is 23.1 Å². The third-order valence-electron chi connectivity index (χ3n) is 4.27. The molecule has 1 heterocycles. The summed E-state index contributed by atoms with van der Waals surface area (Å²) in [6.07, 6.45) is 3.32. The Morgan fingerprint density at radius 3 is 2.90 bits per heavy atom. The Morgan fingerprint density at radius 1 is 1.45 bits per heavy atom. The highest BCUT2D eigenvalue weighted by Gasteiger charge is 2.36. The first-order valence-electron chi connectivity index (χ1n) is 7.37. The molecule has 0 saturated heterocycles. The maximum absolute atomic E-state index is 12.6. The molecule has 20 heavy (non-hydrogen) atoms. The number of amides is 2. The number of hydrogen-bond donors (Lipinski definition) is 1. The van der Waals surface area contributed by atoms with Gasteiger partial charge in [-0.3, -0.25) is 4.90 Å². The molecule has 1 aromatic rings. The molecule has 0 aromatic heterocycles. The summed E-state index contributed by atoms with van der Waals surface area (Å²) >= 11 is 0. The molecular formula is C16H22N2O2. The summed E-state index contributed by atoms with van der Waals surface area (Å²) in [6, 6.07) is 8.53. The van der Waals surface area contributed by atoms with Gasteiger partial charge >= 0.3 is 6.03 Å². The summed E-state index contributed by atoms with van der Waals surface area (Å²) in [5.74, 6) is 0.590. The Hall–Kier alpha value is -1.55. The molecule has 1 aliphatic carbocycles. The summed E-state index contributed by atoms with van der Waals surface area (Å²) < 4.78 is 5.23. The van der Waals surface area contributed by atoms with E-state index in [0.29, 0.717) is 12.5 Å². The van der Waals surface area contributed by atoms with Crippen molar-refractivity contribution in [2.45, 2.75) is 38.3 Å². The second kappa shape index (κ2) is 5.44. The van der Waals surface area contributed by atoms with Crippen LogP contribution in [0.25, 0.3) is 0 Å². The van der Waals surface area contributed by atoms with E-state index in [1.54, 1.807) is 7.11 Å². The van der Waals surface area contributed by atoms with Crippen LogP contribution in [-0.4, -0.2) is 31.8 Å². The highest BCUT2D eigenvalue weighted by atomic mass is 16.5. The Kier molecular flexibility index (Phi) is 3.66. The first-order chi connectivity index (χ1) is 9.70. The minimum absolute atomic E-state index is 0.0106. The van der Waals surface area contributed by atoms with Crippen molar-refractivity contribution in [1.29, 1.82) is 0 Å². The van der Waals surface area contributed by atoms with E-state index < -0.39 is 0 Å². The van der Waals surface area contributed by atoms with E-state index in [1.165, 1.54) is 18.4 Å². The third kappa shape index (κ3) is 2.52. The largest absolute Gasteiger partial charge is 0.383 e. The quantitative estimate of drug-likeness (QED) is 0.917. The minimum Gasteiger partial charge on any atom is -0.383 e. The molecule has 0 bridgehead atoms. The minimum atomic E-state index is 0.0106. The van der Waals surface area contributed by atoms with Crippen LogP contribution in [0.4, 0.5) is 10.5 Å². The van der Waals surface area contributed by atoms with Crippen molar-refractivity contribution in [3.05, 3.63) is 29.8 Å². The van der Waals surface area contributed by atoms with Gasteiger partial charge in [0.1, 0.15) is 0 Å². The van der Waals surface area contributed by atoms with Crippen molar-refractivity contribution in [1.82, 2.24) is 5.32 Å². The highest BCUT2D eigenvalue weighted by molar-refractivity contribution is 5.95. The second-order valence-electron chi connectivity index (χ2n) is 5.90. The average Bonchev–Trinajstić information content (AvgIpc) is 3.20. The summed E-state index contributed by atoms with van der Waals surface area (Å²) in [7, 11) is 1.69. The molecule has 2 aliphatic rings. The third-order valence-corrected chi connectivity index (χ3v) is 4.27. The molecule has 4 nitrogen and oxygen atoms in total. The number of nitrogens with zero attached hydrogens (tertiary/aromatic N) is 1. The summed E-state index contributed by atoms with van der Waals surface area (Å²) in [5.41, 5.74) is 2.30. The molecule has 108 valence electrons. The normalized spacial score (nSPS) is 22.5. The van der Waals surface area contributed by atoms with Crippen molar-refractivity contribution in [2.24, 2.45) is 5.92 Å². The lowest BCUT2D eigenvalue weighted by molar-refractivity contribution is 0.158. The van der Waals surface area contributed by atoms with E-state index >= 15 is 0 Å². The van der Waals surface area contributed by atoms with Crippen molar-refractivity contribution in [3.63, 3.8) is 0 Å². The number of nitrogens with one attached hydrogen (secondary N) is 1. The van der Waals surface area contributed by atoms with E-state index in [0.717, 1.165) is 12.1 Å². The molecule has 0 unspecified atom stereocenters. The van der Waals surface area contributed by atoms with Crippen molar-refractivity contribution in [2.75, 3.05) is 18.6 Å². The second-order valence-corrected chi connectivity index (χ2v) is 5.90. The van der Waals surface area contributed by atoms with Gasteiger partial charge in [-0.15, -0.1) is 0 Å². The Morgan fingerprint density at radius 2 is 2.20 bits per heavy atom. The lowest BCUT2D eigenvalue weighted by Crippen LogP contribution is -2.49. The van der Waals surface area contributed by atoms with Gasteiger partial charge in [0.25, 0.3) is 0 Å². The van der Waals surface area contributed by atoms with Crippen LogP contribution in [-0.2, 0) is 11.2 Å². The molecule has 1 saturated carbocycles. The smallest absolute Gasteiger partial charge is 0.322 e. The van der Waals surface area contributed by atoms with Gasteiger partial charge in [0.2, 0.25) is 0 Å². The number of anilines is 1. The molecule has 1 N–H and O–H groups in total. The molecule has 1 aliphatic heterocycles. The molecule has 0 spiro atoms. The first kappa shape index (κ1) is 13.4. The molecule has 3 rings (SSSR count). The lowest BCUT2D eigenvalue weighted by atomic mass is 10.1.